The third-order valence-corrected chi connectivity index (χ3v) is 7.35. The second kappa shape index (κ2) is 6.99. The van der Waals surface area contributed by atoms with Crippen LogP contribution in [0, 0.1) is 6.92 Å². The molecule has 1 aromatic rings. The molecule has 1 fully saturated rings. The van der Waals surface area contributed by atoms with Crippen LogP contribution in [0.3, 0.4) is 0 Å². The maximum Gasteiger partial charge on any atom is 0.243 e. The fraction of sp³-hybridized carbons (Fsp3) is 0.625. The van der Waals surface area contributed by atoms with Gasteiger partial charge in [-0.15, -0.1) is 0 Å². The molecule has 2 rings (SSSR count). The Balaban J connectivity index is 2.14. The molecule has 1 heterocycles. The zero-order chi connectivity index (χ0) is 16.5. The quantitative estimate of drug-likeness (QED) is 0.794. The Bertz CT molecular complexity index is 623. The van der Waals surface area contributed by atoms with E-state index in [0.29, 0.717) is 10.9 Å². The number of aryl methyl sites for hydroxylation is 1. The Hall–Kier alpha value is -0.430. The zero-order valence-corrected chi connectivity index (χ0v) is 16.1. The van der Waals surface area contributed by atoms with Crippen LogP contribution in [0.5, 0.6) is 0 Å². The molecule has 0 atom stereocenters. The lowest BCUT2D eigenvalue weighted by Crippen LogP contribution is -2.47. The van der Waals surface area contributed by atoms with Gasteiger partial charge in [0.1, 0.15) is 0 Å². The highest BCUT2D eigenvalue weighted by atomic mass is 79.9. The Morgan fingerprint density at radius 2 is 1.86 bits per heavy atom. The van der Waals surface area contributed by atoms with Gasteiger partial charge >= 0.3 is 0 Å². The van der Waals surface area contributed by atoms with E-state index in [0.717, 1.165) is 36.0 Å². The Morgan fingerprint density at radius 1 is 1.27 bits per heavy atom. The molecular weight excluding hydrogens is 364 g/mol. The number of benzene rings is 1. The van der Waals surface area contributed by atoms with Gasteiger partial charge in [0.05, 0.1) is 4.90 Å². The standard InChI is InChI=1S/C16H25BrN2O2S/c1-12(2)19-9-7-14(8-10-19)18(4)22(20,21)15-5-6-16(17)13(3)11-15/h5-6,11-12,14H,7-10H2,1-4H3. The van der Waals surface area contributed by atoms with Crippen molar-refractivity contribution in [3.8, 4) is 0 Å². The molecule has 6 heteroatoms. The van der Waals surface area contributed by atoms with Gasteiger partial charge in [-0.25, -0.2) is 8.42 Å². The van der Waals surface area contributed by atoms with E-state index in [9.17, 15) is 8.42 Å². The van der Waals surface area contributed by atoms with E-state index in [1.165, 1.54) is 0 Å². The minimum atomic E-state index is -3.42. The molecule has 0 aliphatic carbocycles. The number of rotatable bonds is 4. The average molecular weight is 389 g/mol. The maximum absolute atomic E-state index is 12.8. The molecule has 1 saturated heterocycles. The minimum absolute atomic E-state index is 0.0870. The molecule has 0 unspecified atom stereocenters. The highest BCUT2D eigenvalue weighted by molar-refractivity contribution is 9.10. The summed E-state index contributed by atoms with van der Waals surface area (Å²) in [6, 6.07) is 5.82. The minimum Gasteiger partial charge on any atom is -0.301 e. The van der Waals surface area contributed by atoms with E-state index in [1.807, 2.05) is 6.92 Å². The zero-order valence-electron chi connectivity index (χ0n) is 13.7. The Labute approximate surface area is 142 Å². The average Bonchev–Trinajstić information content (AvgIpc) is 2.49. The highest BCUT2D eigenvalue weighted by Crippen LogP contribution is 2.26. The van der Waals surface area contributed by atoms with Gasteiger partial charge in [0.25, 0.3) is 0 Å². The van der Waals surface area contributed by atoms with Crippen molar-refractivity contribution in [2.45, 2.75) is 50.6 Å². The fourth-order valence-corrected chi connectivity index (χ4v) is 4.65. The first-order valence-corrected chi connectivity index (χ1v) is 9.95. The molecule has 1 aromatic carbocycles. The first-order valence-electron chi connectivity index (χ1n) is 7.71. The van der Waals surface area contributed by atoms with Crippen LogP contribution in [0.1, 0.15) is 32.3 Å². The van der Waals surface area contributed by atoms with Crippen molar-refractivity contribution in [1.82, 2.24) is 9.21 Å². The van der Waals surface area contributed by atoms with Crippen LogP contribution in [0.2, 0.25) is 0 Å². The van der Waals surface area contributed by atoms with Crippen LogP contribution >= 0.6 is 15.9 Å². The van der Waals surface area contributed by atoms with Crippen molar-refractivity contribution in [2.75, 3.05) is 20.1 Å². The molecule has 1 aliphatic heterocycles. The first-order chi connectivity index (χ1) is 10.2. The summed E-state index contributed by atoms with van der Waals surface area (Å²) in [7, 11) is -1.71. The molecular formula is C16H25BrN2O2S. The second-order valence-electron chi connectivity index (χ2n) is 6.29. The van der Waals surface area contributed by atoms with Crippen molar-refractivity contribution >= 4 is 26.0 Å². The molecule has 0 radical (unpaired) electrons. The van der Waals surface area contributed by atoms with E-state index in [2.05, 4.69) is 34.7 Å². The molecule has 0 bridgehead atoms. The topological polar surface area (TPSA) is 40.6 Å². The largest absolute Gasteiger partial charge is 0.301 e. The van der Waals surface area contributed by atoms with E-state index in [4.69, 9.17) is 0 Å². The van der Waals surface area contributed by atoms with Gasteiger partial charge in [-0.1, -0.05) is 15.9 Å². The van der Waals surface area contributed by atoms with E-state index < -0.39 is 10.0 Å². The van der Waals surface area contributed by atoms with Crippen molar-refractivity contribution in [1.29, 1.82) is 0 Å². The van der Waals surface area contributed by atoms with Crippen LogP contribution in [-0.4, -0.2) is 49.8 Å². The highest BCUT2D eigenvalue weighted by Gasteiger charge is 2.31. The molecule has 4 nitrogen and oxygen atoms in total. The summed E-state index contributed by atoms with van der Waals surface area (Å²) < 4.78 is 28.1. The fourth-order valence-electron chi connectivity index (χ4n) is 2.91. The van der Waals surface area contributed by atoms with Crippen LogP contribution < -0.4 is 0 Å². The molecule has 0 spiro atoms. The molecule has 0 N–H and O–H groups in total. The molecule has 22 heavy (non-hydrogen) atoms. The number of halogens is 1. The number of nitrogens with zero attached hydrogens (tertiary/aromatic N) is 2. The smallest absolute Gasteiger partial charge is 0.243 e. The number of likely N-dealkylation sites (tertiary alicyclic amines) is 1. The van der Waals surface area contributed by atoms with Gasteiger partial charge in [-0.2, -0.15) is 4.31 Å². The van der Waals surface area contributed by atoms with Gasteiger partial charge in [-0.3, -0.25) is 0 Å². The second-order valence-corrected chi connectivity index (χ2v) is 9.14. The van der Waals surface area contributed by atoms with E-state index in [1.54, 1.807) is 29.6 Å². The predicted octanol–water partition coefficient (Wildman–Crippen LogP) is 3.25. The first kappa shape index (κ1) is 17.9. The summed E-state index contributed by atoms with van der Waals surface area (Å²) in [5, 5.41) is 0. The van der Waals surface area contributed by atoms with Gasteiger partial charge < -0.3 is 4.90 Å². The summed E-state index contributed by atoms with van der Waals surface area (Å²) in [4.78, 5) is 2.78. The number of piperidine rings is 1. The number of sulfonamides is 1. The lowest BCUT2D eigenvalue weighted by molar-refractivity contribution is 0.140. The van der Waals surface area contributed by atoms with Gasteiger partial charge in [0.15, 0.2) is 0 Å². The third kappa shape index (κ3) is 3.72. The van der Waals surface area contributed by atoms with Crippen molar-refractivity contribution < 1.29 is 8.42 Å². The Kier molecular flexibility index (Phi) is 5.69. The maximum atomic E-state index is 12.8. The van der Waals surface area contributed by atoms with Crippen LogP contribution in [0.25, 0.3) is 0 Å². The molecule has 0 amide bonds. The third-order valence-electron chi connectivity index (χ3n) is 4.55. The summed E-state index contributed by atoms with van der Waals surface area (Å²) >= 11 is 3.42. The summed E-state index contributed by atoms with van der Waals surface area (Å²) in [6.45, 7) is 8.20. The number of hydrogen-bond donors (Lipinski definition) is 0. The van der Waals surface area contributed by atoms with Crippen LogP contribution in [0.15, 0.2) is 27.6 Å². The predicted molar refractivity (Wildman–Crippen MR) is 93.6 cm³/mol. The Morgan fingerprint density at radius 3 is 2.36 bits per heavy atom. The van der Waals surface area contributed by atoms with Crippen molar-refractivity contribution in [2.24, 2.45) is 0 Å². The summed E-state index contributed by atoms with van der Waals surface area (Å²) in [5.41, 5.74) is 0.934. The van der Waals surface area contributed by atoms with E-state index >= 15 is 0 Å². The van der Waals surface area contributed by atoms with Gasteiger partial charge in [-0.05, 0) is 70.5 Å². The SMILES string of the molecule is Cc1cc(S(=O)(=O)N(C)C2CCN(C(C)C)CC2)ccc1Br. The van der Waals surface area contributed by atoms with Gasteiger partial charge in [0, 0.05) is 23.6 Å². The van der Waals surface area contributed by atoms with Gasteiger partial charge in [0.2, 0.25) is 10.0 Å². The van der Waals surface area contributed by atoms with E-state index in [-0.39, 0.29) is 6.04 Å². The lowest BCUT2D eigenvalue weighted by atomic mass is 10.0. The monoisotopic (exact) mass is 388 g/mol. The number of hydrogen-bond acceptors (Lipinski definition) is 3. The molecule has 1 aliphatic rings. The molecule has 124 valence electrons. The van der Waals surface area contributed by atoms with Crippen LogP contribution in [-0.2, 0) is 10.0 Å². The summed E-state index contributed by atoms with van der Waals surface area (Å²) in [5.74, 6) is 0. The molecule has 0 aromatic heterocycles. The van der Waals surface area contributed by atoms with Crippen molar-refractivity contribution in [3.63, 3.8) is 0 Å². The molecule has 0 saturated carbocycles. The van der Waals surface area contributed by atoms with Crippen LogP contribution in [0.4, 0.5) is 0 Å². The lowest BCUT2D eigenvalue weighted by Gasteiger charge is -2.38. The summed E-state index contributed by atoms with van der Waals surface area (Å²) in [6.07, 6.45) is 1.78. The van der Waals surface area contributed by atoms with Crippen molar-refractivity contribution in [3.05, 3.63) is 28.2 Å². The normalized spacial score (nSPS) is 18.3.